The summed E-state index contributed by atoms with van der Waals surface area (Å²) in [6, 6.07) is 6.27. The minimum Gasteiger partial charge on any atom is -0.358 e. The fourth-order valence-electron chi connectivity index (χ4n) is 1.67. The summed E-state index contributed by atoms with van der Waals surface area (Å²) in [6.07, 6.45) is 2.02. The minimum absolute atomic E-state index is 0.851. The van der Waals surface area contributed by atoms with Crippen LogP contribution < -0.4 is 5.32 Å². The van der Waals surface area contributed by atoms with Gasteiger partial charge in [-0.1, -0.05) is 6.07 Å². The third-order valence-corrected chi connectivity index (χ3v) is 3.08. The monoisotopic (exact) mass is 279 g/mol. The molecule has 2 aromatic rings. The van der Waals surface area contributed by atoms with Gasteiger partial charge in [-0.3, -0.25) is 4.57 Å². The molecule has 4 heteroatoms. The topological polar surface area (TPSA) is 29.9 Å². The van der Waals surface area contributed by atoms with Gasteiger partial charge in [0, 0.05) is 17.7 Å². The van der Waals surface area contributed by atoms with Gasteiger partial charge in [0.05, 0.1) is 11.4 Å². The molecule has 0 atom stereocenters. The van der Waals surface area contributed by atoms with Crippen LogP contribution in [0.5, 0.6) is 0 Å². The highest BCUT2D eigenvalue weighted by Crippen LogP contribution is 2.25. The van der Waals surface area contributed by atoms with Gasteiger partial charge in [0.25, 0.3) is 0 Å². The van der Waals surface area contributed by atoms with Crippen molar-refractivity contribution < 1.29 is 0 Å². The average Bonchev–Trinajstić information content (AvgIpc) is 2.63. The van der Waals surface area contributed by atoms with Crippen molar-refractivity contribution in [3.8, 4) is 5.69 Å². The van der Waals surface area contributed by atoms with Crippen LogP contribution >= 0.6 is 15.9 Å². The fourth-order valence-corrected chi connectivity index (χ4v) is 2.10. The predicted molar refractivity (Wildman–Crippen MR) is 70.3 cm³/mol. The molecule has 0 unspecified atom stereocenters. The number of benzene rings is 1. The van der Waals surface area contributed by atoms with Crippen LogP contribution in [0.1, 0.15) is 11.3 Å². The van der Waals surface area contributed by atoms with Gasteiger partial charge in [0.2, 0.25) is 5.95 Å². The number of nitrogens with one attached hydrogen (secondary N) is 1. The zero-order valence-electron chi connectivity index (χ0n) is 9.58. The third-order valence-electron chi connectivity index (χ3n) is 2.41. The molecule has 16 heavy (non-hydrogen) atoms. The van der Waals surface area contributed by atoms with Crippen LogP contribution in [0, 0.1) is 13.8 Å². The Labute approximate surface area is 104 Å². The average molecular weight is 280 g/mol. The third kappa shape index (κ3) is 1.97. The first-order valence-electron chi connectivity index (χ1n) is 5.12. The molecule has 1 aromatic heterocycles. The maximum atomic E-state index is 4.41. The molecule has 0 aliphatic carbocycles. The van der Waals surface area contributed by atoms with Crippen LogP contribution in [0.25, 0.3) is 5.69 Å². The van der Waals surface area contributed by atoms with E-state index in [4.69, 9.17) is 0 Å². The van der Waals surface area contributed by atoms with E-state index in [9.17, 15) is 0 Å². The molecule has 0 saturated heterocycles. The van der Waals surface area contributed by atoms with Crippen LogP contribution in [0.4, 0.5) is 5.95 Å². The smallest absolute Gasteiger partial charge is 0.207 e. The lowest BCUT2D eigenvalue weighted by molar-refractivity contribution is 1.04. The number of anilines is 1. The maximum Gasteiger partial charge on any atom is 0.207 e. The van der Waals surface area contributed by atoms with Crippen molar-refractivity contribution in [3.05, 3.63) is 40.1 Å². The number of rotatable bonds is 2. The first-order valence-corrected chi connectivity index (χ1v) is 5.91. The highest BCUT2D eigenvalue weighted by atomic mass is 79.9. The Balaban J connectivity index is 2.61. The van der Waals surface area contributed by atoms with Gasteiger partial charge >= 0.3 is 0 Å². The van der Waals surface area contributed by atoms with E-state index in [0.29, 0.717) is 0 Å². The number of halogens is 1. The molecule has 0 fully saturated rings. The van der Waals surface area contributed by atoms with Crippen LogP contribution in [-0.2, 0) is 0 Å². The van der Waals surface area contributed by atoms with Gasteiger partial charge in [-0.15, -0.1) is 0 Å². The van der Waals surface area contributed by atoms with Crippen molar-refractivity contribution in [3.63, 3.8) is 0 Å². The van der Waals surface area contributed by atoms with E-state index < -0.39 is 0 Å². The summed E-state index contributed by atoms with van der Waals surface area (Å²) in [7, 11) is 1.88. The first-order chi connectivity index (χ1) is 7.61. The molecule has 0 radical (unpaired) electrons. The molecule has 0 spiro atoms. The molecule has 0 aliphatic heterocycles. The summed E-state index contributed by atoms with van der Waals surface area (Å²) in [5.74, 6) is 0.851. The normalized spacial score (nSPS) is 10.5. The Morgan fingerprint density at radius 1 is 1.31 bits per heavy atom. The number of aryl methyl sites for hydroxylation is 2. The van der Waals surface area contributed by atoms with E-state index in [1.165, 1.54) is 5.56 Å². The van der Waals surface area contributed by atoms with E-state index in [-0.39, 0.29) is 0 Å². The molecule has 0 amide bonds. The second-order valence-corrected chi connectivity index (χ2v) is 4.64. The molecule has 1 N–H and O–H groups in total. The molecule has 1 aromatic carbocycles. The van der Waals surface area contributed by atoms with E-state index >= 15 is 0 Å². The highest BCUT2D eigenvalue weighted by Gasteiger charge is 2.08. The van der Waals surface area contributed by atoms with Gasteiger partial charge < -0.3 is 5.32 Å². The molecule has 0 saturated carbocycles. The van der Waals surface area contributed by atoms with E-state index in [1.54, 1.807) is 0 Å². The van der Waals surface area contributed by atoms with Crippen molar-refractivity contribution in [2.24, 2.45) is 0 Å². The molecule has 3 nitrogen and oxygen atoms in total. The number of hydrogen-bond acceptors (Lipinski definition) is 2. The zero-order valence-corrected chi connectivity index (χ0v) is 11.2. The quantitative estimate of drug-likeness (QED) is 0.914. The van der Waals surface area contributed by atoms with Crippen molar-refractivity contribution in [1.82, 2.24) is 9.55 Å². The Morgan fingerprint density at radius 3 is 2.75 bits per heavy atom. The predicted octanol–water partition coefficient (Wildman–Crippen LogP) is 3.29. The molecule has 1 heterocycles. The van der Waals surface area contributed by atoms with E-state index in [0.717, 1.165) is 21.8 Å². The second-order valence-electron chi connectivity index (χ2n) is 3.78. The second kappa shape index (κ2) is 4.29. The summed E-state index contributed by atoms with van der Waals surface area (Å²) in [5, 5.41) is 3.09. The highest BCUT2D eigenvalue weighted by molar-refractivity contribution is 9.10. The zero-order chi connectivity index (χ0) is 11.7. The molecular weight excluding hydrogens is 266 g/mol. The molecule has 2 rings (SSSR count). The SMILES string of the molecule is CNc1nc(C)cn1-c1cc(C)ccc1Br. The van der Waals surface area contributed by atoms with Gasteiger partial charge in [-0.05, 0) is 47.5 Å². The first kappa shape index (κ1) is 11.2. The van der Waals surface area contributed by atoms with Crippen molar-refractivity contribution >= 4 is 21.9 Å². The Morgan fingerprint density at radius 2 is 2.06 bits per heavy atom. The summed E-state index contributed by atoms with van der Waals surface area (Å²) >= 11 is 3.56. The van der Waals surface area contributed by atoms with Crippen LogP contribution in [-0.4, -0.2) is 16.6 Å². The summed E-state index contributed by atoms with van der Waals surface area (Å²) in [4.78, 5) is 4.41. The Kier molecular flexibility index (Phi) is 3.01. The molecule has 84 valence electrons. The minimum atomic E-state index is 0.851. The Bertz CT molecular complexity index is 517. The van der Waals surface area contributed by atoms with Gasteiger partial charge in [-0.2, -0.15) is 0 Å². The van der Waals surface area contributed by atoms with Gasteiger partial charge in [0.1, 0.15) is 0 Å². The van der Waals surface area contributed by atoms with Gasteiger partial charge in [0.15, 0.2) is 0 Å². The molecule has 0 bridgehead atoms. The summed E-state index contributed by atoms with van der Waals surface area (Å²) in [5.41, 5.74) is 3.33. The summed E-state index contributed by atoms with van der Waals surface area (Å²) < 4.78 is 3.11. The number of hydrogen-bond donors (Lipinski definition) is 1. The number of imidazole rings is 1. The fraction of sp³-hybridized carbons (Fsp3) is 0.250. The summed E-state index contributed by atoms with van der Waals surface area (Å²) in [6.45, 7) is 4.07. The van der Waals surface area contributed by atoms with Gasteiger partial charge in [-0.25, -0.2) is 4.98 Å². The molecular formula is C12H14BrN3. The van der Waals surface area contributed by atoms with Crippen molar-refractivity contribution in [1.29, 1.82) is 0 Å². The molecule has 0 aliphatic rings. The lowest BCUT2D eigenvalue weighted by atomic mass is 10.2. The van der Waals surface area contributed by atoms with E-state index in [1.807, 2.05) is 24.7 Å². The van der Waals surface area contributed by atoms with Crippen molar-refractivity contribution in [2.75, 3.05) is 12.4 Å². The maximum absolute atomic E-state index is 4.41. The van der Waals surface area contributed by atoms with Crippen LogP contribution in [0.2, 0.25) is 0 Å². The Hall–Kier alpha value is -1.29. The van der Waals surface area contributed by atoms with Crippen LogP contribution in [0.3, 0.4) is 0 Å². The lowest BCUT2D eigenvalue weighted by Crippen LogP contribution is -2.01. The van der Waals surface area contributed by atoms with Crippen molar-refractivity contribution in [2.45, 2.75) is 13.8 Å². The number of nitrogens with zero attached hydrogens (tertiary/aromatic N) is 2. The van der Waals surface area contributed by atoms with E-state index in [2.05, 4.69) is 51.4 Å². The standard InChI is InChI=1S/C12H14BrN3/c1-8-4-5-10(13)11(6-8)16-7-9(2)15-12(16)14-3/h4-7H,1-3H3,(H,14,15). The van der Waals surface area contributed by atoms with Crippen LogP contribution in [0.15, 0.2) is 28.9 Å². The number of aromatic nitrogens is 2. The largest absolute Gasteiger partial charge is 0.358 e. The lowest BCUT2D eigenvalue weighted by Gasteiger charge is -2.09.